The van der Waals surface area contributed by atoms with Gasteiger partial charge >= 0.3 is 0 Å². The third-order valence-corrected chi connectivity index (χ3v) is 3.63. The first-order valence-corrected chi connectivity index (χ1v) is 6.89. The molecule has 0 radical (unpaired) electrons. The minimum Gasteiger partial charge on any atom is -0.338 e. The molecule has 0 saturated carbocycles. The topological polar surface area (TPSA) is 43.8 Å². The molecule has 2 rings (SSSR count). The second kappa shape index (κ2) is 6.02. The molecule has 0 saturated heterocycles. The Morgan fingerprint density at radius 2 is 1.79 bits per heavy atom. The summed E-state index contributed by atoms with van der Waals surface area (Å²) in [7, 11) is 2.02. The molecule has 0 aliphatic heterocycles. The molecule has 0 amide bonds. The SMILES string of the molecule is CC(C)c1ccc(C(N)CCc2nccn2C)cc1. The maximum absolute atomic E-state index is 6.25. The van der Waals surface area contributed by atoms with Crippen LogP contribution in [0, 0.1) is 0 Å². The summed E-state index contributed by atoms with van der Waals surface area (Å²) >= 11 is 0. The summed E-state index contributed by atoms with van der Waals surface area (Å²) in [5, 5.41) is 0. The number of rotatable bonds is 5. The number of nitrogens with zero attached hydrogens (tertiary/aromatic N) is 2. The van der Waals surface area contributed by atoms with Crippen LogP contribution >= 0.6 is 0 Å². The number of hydrogen-bond donors (Lipinski definition) is 1. The molecule has 1 aromatic heterocycles. The molecule has 3 nitrogen and oxygen atoms in total. The lowest BCUT2D eigenvalue weighted by Gasteiger charge is -2.13. The van der Waals surface area contributed by atoms with Gasteiger partial charge in [-0.05, 0) is 23.5 Å². The van der Waals surface area contributed by atoms with E-state index < -0.39 is 0 Å². The Kier molecular flexibility index (Phi) is 4.38. The fourth-order valence-electron chi connectivity index (χ4n) is 2.22. The molecule has 0 fully saturated rings. The van der Waals surface area contributed by atoms with Gasteiger partial charge in [0, 0.05) is 31.9 Å². The smallest absolute Gasteiger partial charge is 0.108 e. The normalized spacial score (nSPS) is 12.9. The highest BCUT2D eigenvalue weighted by Crippen LogP contribution is 2.20. The number of imidazole rings is 1. The molecule has 19 heavy (non-hydrogen) atoms. The predicted octanol–water partition coefficient (Wildman–Crippen LogP) is 3.18. The molecule has 0 aliphatic carbocycles. The first kappa shape index (κ1) is 13.8. The van der Waals surface area contributed by atoms with Gasteiger partial charge in [-0.15, -0.1) is 0 Å². The maximum Gasteiger partial charge on any atom is 0.108 e. The molecule has 2 N–H and O–H groups in total. The fourth-order valence-corrected chi connectivity index (χ4v) is 2.22. The Morgan fingerprint density at radius 3 is 2.32 bits per heavy atom. The van der Waals surface area contributed by atoms with Crippen molar-refractivity contribution in [1.82, 2.24) is 9.55 Å². The quantitative estimate of drug-likeness (QED) is 0.894. The third-order valence-electron chi connectivity index (χ3n) is 3.63. The summed E-state index contributed by atoms with van der Waals surface area (Å²) < 4.78 is 2.05. The van der Waals surface area contributed by atoms with Gasteiger partial charge in [0.05, 0.1) is 0 Å². The molecular weight excluding hydrogens is 234 g/mol. The van der Waals surface area contributed by atoms with Gasteiger partial charge in [0.15, 0.2) is 0 Å². The zero-order chi connectivity index (χ0) is 13.8. The molecule has 1 atom stereocenters. The fraction of sp³-hybridized carbons (Fsp3) is 0.438. The minimum absolute atomic E-state index is 0.0814. The molecule has 1 heterocycles. The van der Waals surface area contributed by atoms with Gasteiger partial charge in [-0.25, -0.2) is 4.98 Å². The van der Waals surface area contributed by atoms with Gasteiger partial charge in [0.1, 0.15) is 5.82 Å². The van der Waals surface area contributed by atoms with Crippen LogP contribution in [0.25, 0.3) is 0 Å². The van der Waals surface area contributed by atoms with Gasteiger partial charge in [0.25, 0.3) is 0 Å². The van der Waals surface area contributed by atoms with Gasteiger partial charge < -0.3 is 10.3 Å². The van der Waals surface area contributed by atoms with Crippen molar-refractivity contribution < 1.29 is 0 Å². The number of nitrogens with two attached hydrogens (primary N) is 1. The first-order chi connectivity index (χ1) is 9.08. The van der Waals surface area contributed by atoms with Crippen molar-refractivity contribution in [2.24, 2.45) is 12.8 Å². The lowest BCUT2D eigenvalue weighted by atomic mass is 9.97. The van der Waals surface area contributed by atoms with Gasteiger partial charge in [-0.3, -0.25) is 0 Å². The maximum atomic E-state index is 6.25. The van der Waals surface area contributed by atoms with E-state index in [0.717, 1.165) is 18.7 Å². The summed E-state index contributed by atoms with van der Waals surface area (Å²) in [5.74, 6) is 1.66. The molecule has 0 bridgehead atoms. The summed E-state index contributed by atoms with van der Waals surface area (Å²) in [6.45, 7) is 4.41. The van der Waals surface area contributed by atoms with Crippen LogP contribution in [0.3, 0.4) is 0 Å². The number of aromatic nitrogens is 2. The largest absolute Gasteiger partial charge is 0.338 e. The molecule has 3 heteroatoms. The van der Waals surface area contributed by atoms with E-state index >= 15 is 0 Å². The standard InChI is InChI=1S/C16H23N3/c1-12(2)13-4-6-14(7-5-13)15(17)8-9-16-18-10-11-19(16)3/h4-7,10-12,15H,8-9,17H2,1-3H3. The van der Waals surface area contributed by atoms with Crippen LogP contribution in [0.1, 0.15) is 49.2 Å². The van der Waals surface area contributed by atoms with Crippen molar-refractivity contribution in [3.05, 3.63) is 53.6 Å². The molecule has 1 aromatic carbocycles. The van der Waals surface area contributed by atoms with E-state index in [0.29, 0.717) is 5.92 Å². The Hall–Kier alpha value is -1.61. The lowest BCUT2D eigenvalue weighted by Crippen LogP contribution is -2.12. The lowest BCUT2D eigenvalue weighted by molar-refractivity contribution is 0.620. The van der Waals surface area contributed by atoms with Crippen molar-refractivity contribution in [2.75, 3.05) is 0 Å². The predicted molar refractivity (Wildman–Crippen MR) is 79.0 cm³/mol. The zero-order valence-corrected chi connectivity index (χ0v) is 12.0. The molecule has 0 spiro atoms. The monoisotopic (exact) mass is 257 g/mol. The van der Waals surface area contributed by atoms with E-state index in [4.69, 9.17) is 5.73 Å². The van der Waals surface area contributed by atoms with Crippen LogP contribution in [0.5, 0.6) is 0 Å². The number of benzene rings is 1. The van der Waals surface area contributed by atoms with E-state index in [9.17, 15) is 0 Å². The molecule has 1 unspecified atom stereocenters. The Morgan fingerprint density at radius 1 is 1.16 bits per heavy atom. The van der Waals surface area contributed by atoms with Gasteiger partial charge in [0.2, 0.25) is 0 Å². The average Bonchev–Trinajstić information content (AvgIpc) is 2.81. The van der Waals surface area contributed by atoms with Crippen molar-refractivity contribution in [1.29, 1.82) is 0 Å². The van der Waals surface area contributed by atoms with Crippen molar-refractivity contribution >= 4 is 0 Å². The summed E-state index contributed by atoms with van der Waals surface area (Å²) in [6.07, 6.45) is 5.64. The average molecular weight is 257 g/mol. The van der Waals surface area contributed by atoms with Crippen LogP contribution in [0.2, 0.25) is 0 Å². The Balaban J connectivity index is 1.96. The van der Waals surface area contributed by atoms with Crippen LogP contribution in [0.15, 0.2) is 36.7 Å². The molecule has 2 aromatic rings. The van der Waals surface area contributed by atoms with Gasteiger partial charge in [-0.1, -0.05) is 38.1 Å². The highest BCUT2D eigenvalue weighted by atomic mass is 15.0. The van der Waals surface area contributed by atoms with Crippen LogP contribution in [-0.4, -0.2) is 9.55 Å². The number of hydrogen-bond acceptors (Lipinski definition) is 2. The number of aryl methyl sites for hydroxylation is 2. The Labute approximate surface area is 115 Å². The van der Waals surface area contributed by atoms with Crippen molar-refractivity contribution in [3.63, 3.8) is 0 Å². The van der Waals surface area contributed by atoms with E-state index in [1.54, 1.807) is 0 Å². The Bertz CT molecular complexity index is 511. The van der Waals surface area contributed by atoms with Crippen LogP contribution in [-0.2, 0) is 13.5 Å². The van der Waals surface area contributed by atoms with E-state index in [2.05, 4.69) is 47.7 Å². The third kappa shape index (κ3) is 3.44. The van der Waals surface area contributed by atoms with E-state index in [1.807, 2.05) is 19.4 Å². The molecule has 102 valence electrons. The summed E-state index contributed by atoms with van der Waals surface area (Å²) in [4.78, 5) is 4.33. The van der Waals surface area contributed by atoms with E-state index in [-0.39, 0.29) is 6.04 Å². The minimum atomic E-state index is 0.0814. The van der Waals surface area contributed by atoms with Crippen LogP contribution in [0.4, 0.5) is 0 Å². The molecular formula is C16H23N3. The zero-order valence-electron chi connectivity index (χ0n) is 12.0. The second-order valence-corrected chi connectivity index (χ2v) is 5.42. The van der Waals surface area contributed by atoms with Crippen molar-refractivity contribution in [2.45, 2.75) is 38.6 Å². The first-order valence-electron chi connectivity index (χ1n) is 6.89. The highest BCUT2D eigenvalue weighted by molar-refractivity contribution is 5.26. The van der Waals surface area contributed by atoms with Gasteiger partial charge in [-0.2, -0.15) is 0 Å². The van der Waals surface area contributed by atoms with Crippen molar-refractivity contribution in [3.8, 4) is 0 Å². The van der Waals surface area contributed by atoms with E-state index in [1.165, 1.54) is 11.1 Å². The summed E-state index contributed by atoms with van der Waals surface area (Å²) in [5.41, 5.74) is 8.82. The molecule has 0 aliphatic rings. The van der Waals surface area contributed by atoms with Crippen LogP contribution < -0.4 is 5.73 Å². The highest BCUT2D eigenvalue weighted by Gasteiger charge is 2.08. The second-order valence-electron chi connectivity index (χ2n) is 5.42. The summed E-state index contributed by atoms with van der Waals surface area (Å²) in [6, 6.07) is 8.75.